The number of carbonyl (C=O) groups is 2. The number of carboxylic acids is 1. The minimum atomic E-state index is -0.948. The summed E-state index contributed by atoms with van der Waals surface area (Å²) in [5, 5.41) is 11.7. The van der Waals surface area contributed by atoms with Crippen LogP contribution in [0.3, 0.4) is 0 Å². The molecule has 1 aromatic carbocycles. The molecular formula is C17H23NO5. The monoisotopic (exact) mass is 321 g/mol. The number of rotatable bonds is 8. The third-order valence-electron chi connectivity index (χ3n) is 3.72. The van der Waals surface area contributed by atoms with Crippen LogP contribution in [0.4, 0.5) is 0 Å². The minimum Gasteiger partial charge on any atom is -0.478 e. The predicted molar refractivity (Wildman–Crippen MR) is 84.5 cm³/mol. The SMILES string of the molecule is CC(COC1CCOC1)NC(=O)CCc1ccc(C(=O)O)cc1. The van der Waals surface area contributed by atoms with Crippen LogP contribution in [-0.4, -0.2) is 48.9 Å². The molecule has 1 aliphatic rings. The number of aryl methyl sites for hydroxylation is 1. The third kappa shape index (κ3) is 6.00. The van der Waals surface area contributed by atoms with Crippen LogP contribution in [0, 0.1) is 0 Å². The maximum Gasteiger partial charge on any atom is 0.335 e. The average Bonchev–Trinajstić information content (AvgIpc) is 3.05. The van der Waals surface area contributed by atoms with Crippen LogP contribution in [0.5, 0.6) is 0 Å². The molecule has 1 aliphatic heterocycles. The van der Waals surface area contributed by atoms with Crippen molar-refractivity contribution in [3.63, 3.8) is 0 Å². The summed E-state index contributed by atoms with van der Waals surface area (Å²) in [6.07, 6.45) is 1.99. The number of ether oxygens (including phenoxy) is 2. The van der Waals surface area contributed by atoms with E-state index in [0.29, 0.717) is 26.1 Å². The minimum absolute atomic E-state index is 0.0360. The first-order chi connectivity index (χ1) is 11.0. The summed E-state index contributed by atoms with van der Waals surface area (Å²) in [7, 11) is 0. The molecule has 1 aromatic rings. The Morgan fingerprint density at radius 2 is 2.13 bits per heavy atom. The Kier molecular flexibility index (Phi) is 6.55. The molecule has 1 saturated heterocycles. The van der Waals surface area contributed by atoms with E-state index in [1.165, 1.54) is 0 Å². The molecule has 0 radical (unpaired) electrons. The van der Waals surface area contributed by atoms with E-state index in [1.54, 1.807) is 24.3 Å². The Morgan fingerprint density at radius 1 is 1.39 bits per heavy atom. The van der Waals surface area contributed by atoms with Gasteiger partial charge in [-0.05, 0) is 37.5 Å². The molecule has 0 bridgehead atoms. The van der Waals surface area contributed by atoms with Crippen LogP contribution in [0.25, 0.3) is 0 Å². The Morgan fingerprint density at radius 3 is 2.74 bits per heavy atom. The van der Waals surface area contributed by atoms with Crippen molar-refractivity contribution in [2.75, 3.05) is 19.8 Å². The summed E-state index contributed by atoms with van der Waals surface area (Å²) in [6, 6.07) is 6.54. The van der Waals surface area contributed by atoms with Crippen LogP contribution < -0.4 is 5.32 Å². The van der Waals surface area contributed by atoms with E-state index in [0.717, 1.165) is 18.6 Å². The summed E-state index contributed by atoms with van der Waals surface area (Å²) in [6.45, 7) is 3.77. The van der Waals surface area contributed by atoms with E-state index in [4.69, 9.17) is 14.6 Å². The Labute approximate surface area is 135 Å². The van der Waals surface area contributed by atoms with Gasteiger partial charge in [-0.1, -0.05) is 12.1 Å². The number of hydrogen-bond acceptors (Lipinski definition) is 4. The first-order valence-electron chi connectivity index (χ1n) is 7.85. The fraction of sp³-hybridized carbons (Fsp3) is 0.529. The first kappa shape index (κ1) is 17.4. The molecule has 23 heavy (non-hydrogen) atoms. The second-order valence-corrected chi connectivity index (χ2v) is 5.79. The van der Waals surface area contributed by atoms with Crippen LogP contribution in [-0.2, 0) is 20.7 Å². The van der Waals surface area contributed by atoms with Gasteiger partial charge in [0.15, 0.2) is 0 Å². The van der Waals surface area contributed by atoms with Crippen molar-refractivity contribution in [1.29, 1.82) is 0 Å². The molecule has 0 saturated carbocycles. The molecule has 2 N–H and O–H groups in total. The Balaban J connectivity index is 1.66. The van der Waals surface area contributed by atoms with E-state index in [9.17, 15) is 9.59 Å². The zero-order chi connectivity index (χ0) is 16.7. The highest BCUT2D eigenvalue weighted by atomic mass is 16.5. The molecule has 0 aliphatic carbocycles. The molecule has 1 fully saturated rings. The maximum atomic E-state index is 11.9. The van der Waals surface area contributed by atoms with E-state index in [-0.39, 0.29) is 23.6 Å². The smallest absolute Gasteiger partial charge is 0.335 e. The van der Waals surface area contributed by atoms with Crippen molar-refractivity contribution >= 4 is 11.9 Å². The van der Waals surface area contributed by atoms with Crippen molar-refractivity contribution in [3.05, 3.63) is 35.4 Å². The molecule has 1 heterocycles. The van der Waals surface area contributed by atoms with Crippen LogP contribution in [0.1, 0.15) is 35.7 Å². The van der Waals surface area contributed by atoms with Gasteiger partial charge in [-0.25, -0.2) is 4.79 Å². The van der Waals surface area contributed by atoms with Crippen LogP contribution in [0.2, 0.25) is 0 Å². The van der Waals surface area contributed by atoms with Crippen molar-refractivity contribution in [2.24, 2.45) is 0 Å². The van der Waals surface area contributed by atoms with Crippen molar-refractivity contribution < 1.29 is 24.2 Å². The molecular weight excluding hydrogens is 298 g/mol. The van der Waals surface area contributed by atoms with Crippen LogP contribution >= 0.6 is 0 Å². The van der Waals surface area contributed by atoms with Crippen molar-refractivity contribution in [2.45, 2.75) is 38.3 Å². The van der Waals surface area contributed by atoms with Crippen LogP contribution in [0.15, 0.2) is 24.3 Å². The zero-order valence-electron chi connectivity index (χ0n) is 13.3. The Bertz CT molecular complexity index is 522. The van der Waals surface area contributed by atoms with E-state index in [1.807, 2.05) is 6.92 Å². The highest BCUT2D eigenvalue weighted by molar-refractivity contribution is 5.87. The number of carbonyl (C=O) groups excluding carboxylic acids is 1. The molecule has 2 unspecified atom stereocenters. The topological polar surface area (TPSA) is 84.9 Å². The fourth-order valence-corrected chi connectivity index (χ4v) is 2.39. The number of hydrogen-bond donors (Lipinski definition) is 2. The molecule has 2 rings (SSSR count). The predicted octanol–water partition coefficient (Wildman–Crippen LogP) is 1.63. The summed E-state index contributed by atoms with van der Waals surface area (Å²) in [5.74, 6) is -0.984. The largest absolute Gasteiger partial charge is 0.478 e. The summed E-state index contributed by atoms with van der Waals surface area (Å²) in [5.41, 5.74) is 1.19. The highest BCUT2D eigenvalue weighted by Gasteiger charge is 2.17. The second-order valence-electron chi connectivity index (χ2n) is 5.79. The lowest BCUT2D eigenvalue weighted by Gasteiger charge is -2.17. The normalized spacial score (nSPS) is 18.6. The molecule has 0 spiro atoms. The van der Waals surface area contributed by atoms with Gasteiger partial charge < -0.3 is 19.9 Å². The van der Waals surface area contributed by atoms with Gasteiger partial charge in [0.2, 0.25) is 5.91 Å². The zero-order valence-corrected chi connectivity index (χ0v) is 13.3. The molecule has 0 aromatic heterocycles. The summed E-state index contributed by atoms with van der Waals surface area (Å²) in [4.78, 5) is 22.7. The molecule has 2 atom stereocenters. The number of benzene rings is 1. The number of amides is 1. The lowest BCUT2D eigenvalue weighted by molar-refractivity contribution is -0.122. The standard InChI is InChI=1S/C17H23NO5/c1-12(10-23-15-8-9-22-11-15)18-16(19)7-4-13-2-5-14(6-3-13)17(20)21/h2-3,5-6,12,15H,4,7-11H2,1H3,(H,18,19)(H,20,21). The van der Waals surface area contributed by atoms with Gasteiger partial charge in [0, 0.05) is 19.1 Å². The number of carboxylic acid groups (broad SMARTS) is 1. The van der Waals surface area contributed by atoms with Gasteiger partial charge in [-0.2, -0.15) is 0 Å². The lowest BCUT2D eigenvalue weighted by atomic mass is 10.1. The number of aromatic carboxylic acids is 1. The highest BCUT2D eigenvalue weighted by Crippen LogP contribution is 2.09. The van der Waals surface area contributed by atoms with Gasteiger partial charge in [0.25, 0.3) is 0 Å². The lowest BCUT2D eigenvalue weighted by Crippen LogP contribution is -2.37. The van der Waals surface area contributed by atoms with Gasteiger partial charge in [-0.15, -0.1) is 0 Å². The van der Waals surface area contributed by atoms with Gasteiger partial charge >= 0.3 is 5.97 Å². The Hall–Kier alpha value is -1.92. The fourth-order valence-electron chi connectivity index (χ4n) is 2.39. The molecule has 6 nitrogen and oxygen atoms in total. The first-order valence-corrected chi connectivity index (χ1v) is 7.85. The summed E-state index contributed by atoms with van der Waals surface area (Å²) >= 11 is 0. The molecule has 1 amide bonds. The molecule has 126 valence electrons. The van der Waals surface area contributed by atoms with E-state index < -0.39 is 5.97 Å². The number of nitrogens with one attached hydrogen (secondary N) is 1. The molecule has 6 heteroatoms. The van der Waals surface area contributed by atoms with Gasteiger partial charge in [0.05, 0.1) is 24.9 Å². The maximum absolute atomic E-state index is 11.9. The second kappa shape index (κ2) is 8.64. The van der Waals surface area contributed by atoms with E-state index >= 15 is 0 Å². The summed E-state index contributed by atoms with van der Waals surface area (Å²) < 4.78 is 10.9. The van der Waals surface area contributed by atoms with Gasteiger partial charge in [0.1, 0.15) is 0 Å². The van der Waals surface area contributed by atoms with Crippen molar-refractivity contribution in [1.82, 2.24) is 5.32 Å². The average molecular weight is 321 g/mol. The quantitative estimate of drug-likeness (QED) is 0.760. The van der Waals surface area contributed by atoms with Gasteiger partial charge in [-0.3, -0.25) is 4.79 Å². The van der Waals surface area contributed by atoms with E-state index in [2.05, 4.69) is 5.32 Å². The van der Waals surface area contributed by atoms with Crippen molar-refractivity contribution in [3.8, 4) is 0 Å². The third-order valence-corrected chi connectivity index (χ3v) is 3.72.